The molecular weight excluding hydrogens is 156 g/mol. The third-order valence-electron chi connectivity index (χ3n) is 2.32. The van der Waals surface area contributed by atoms with Crippen LogP contribution in [0.3, 0.4) is 0 Å². The molecule has 70 valence electrons. The SMILES string of the molecule is CCCCCC(O)C1(C=O)CO1. The van der Waals surface area contributed by atoms with Gasteiger partial charge in [0.15, 0.2) is 11.9 Å². The molecule has 0 spiro atoms. The molecule has 0 aliphatic carbocycles. The number of carbonyl (C=O) groups is 1. The molecule has 1 heterocycles. The number of hydrogen-bond donors (Lipinski definition) is 1. The fourth-order valence-corrected chi connectivity index (χ4v) is 1.25. The van der Waals surface area contributed by atoms with Gasteiger partial charge in [0.05, 0.1) is 12.7 Å². The highest BCUT2D eigenvalue weighted by Gasteiger charge is 2.50. The van der Waals surface area contributed by atoms with Crippen LogP contribution < -0.4 is 0 Å². The van der Waals surface area contributed by atoms with Crippen molar-refractivity contribution < 1.29 is 14.6 Å². The minimum atomic E-state index is -0.826. The first-order valence-corrected chi connectivity index (χ1v) is 4.53. The normalized spacial score (nSPS) is 29.8. The first-order chi connectivity index (χ1) is 5.75. The Balaban J connectivity index is 2.19. The number of carbonyl (C=O) groups excluding carboxylic acids is 1. The zero-order valence-corrected chi connectivity index (χ0v) is 7.45. The lowest BCUT2D eigenvalue weighted by atomic mass is 9.99. The van der Waals surface area contributed by atoms with Crippen molar-refractivity contribution in [3.8, 4) is 0 Å². The van der Waals surface area contributed by atoms with Gasteiger partial charge in [-0.05, 0) is 6.42 Å². The summed E-state index contributed by atoms with van der Waals surface area (Å²) in [4.78, 5) is 10.5. The molecule has 0 aromatic carbocycles. The van der Waals surface area contributed by atoms with E-state index in [0.29, 0.717) is 13.0 Å². The van der Waals surface area contributed by atoms with E-state index in [4.69, 9.17) is 4.74 Å². The summed E-state index contributed by atoms with van der Waals surface area (Å²) in [6, 6.07) is 0. The Labute approximate surface area is 72.7 Å². The second-order valence-corrected chi connectivity index (χ2v) is 3.37. The van der Waals surface area contributed by atoms with Crippen molar-refractivity contribution in [2.45, 2.75) is 44.3 Å². The summed E-state index contributed by atoms with van der Waals surface area (Å²) in [6.07, 6.45) is 4.00. The van der Waals surface area contributed by atoms with Gasteiger partial charge in [0, 0.05) is 0 Å². The molecule has 1 N–H and O–H groups in total. The van der Waals surface area contributed by atoms with Crippen LogP contribution in [0.5, 0.6) is 0 Å². The van der Waals surface area contributed by atoms with E-state index in [9.17, 15) is 9.90 Å². The highest BCUT2D eigenvalue weighted by molar-refractivity contribution is 5.67. The third kappa shape index (κ3) is 2.05. The molecule has 0 amide bonds. The van der Waals surface area contributed by atoms with E-state index in [0.717, 1.165) is 25.5 Å². The van der Waals surface area contributed by atoms with Crippen LogP contribution in [-0.2, 0) is 9.53 Å². The number of hydrogen-bond acceptors (Lipinski definition) is 3. The summed E-state index contributed by atoms with van der Waals surface area (Å²) >= 11 is 0. The standard InChI is InChI=1S/C9H16O3/c1-2-3-4-5-8(11)9(6-10)7-12-9/h6,8,11H,2-5,7H2,1H3. The highest BCUT2D eigenvalue weighted by atomic mass is 16.6. The van der Waals surface area contributed by atoms with Crippen molar-refractivity contribution in [2.24, 2.45) is 0 Å². The lowest BCUT2D eigenvalue weighted by molar-refractivity contribution is -0.116. The van der Waals surface area contributed by atoms with Gasteiger partial charge in [-0.15, -0.1) is 0 Å². The number of ether oxygens (including phenoxy) is 1. The zero-order chi connectivity index (χ0) is 9.03. The lowest BCUT2D eigenvalue weighted by Crippen LogP contribution is -2.31. The molecule has 0 saturated carbocycles. The molecule has 0 bridgehead atoms. The molecule has 2 unspecified atom stereocenters. The molecular formula is C9H16O3. The average molecular weight is 172 g/mol. The Morgan fingerprint density at radius 3 is 2.75 bits per heavy atom. The summed E-state index contributed by atoms with van der Waals surface area (Å²) in [7, 11) is 0. The molecule has 1 rings (SSSR count). The van der Waals surface area contributed by atoms with Crippen LogP contribution in [0, 0.1) is 0 Å². The van der Waals surface area contributed by atoms with Crippen molar-refractivity contribution in [3.05, 3.63) is 0 Å². The van der Waals surface area contributed by atoms with Gasteiger partial charge in [0.25, 0.3) is 0 Å². The Kier molecular flexibility index (Phi) is 3.23. The Hall–Kier alpha value is -0.410. The van der Waals surface area contributed by atoms with Gasteiger partial charge in [-0.3, -0.25) is 4.79 Å². The predicted octanol–water partition coefficient (Wildman–Crippen LogP) is 0.895. The largest absolute Gasteiger partial charge is 0.390 e. The van der Waals surface area contributed by atoms with Crippen molar-refractivity contribution in [1.82, 2.24) is 0 Å². The molecule has 1 aliphatic rings. The first kappa shape index (κ1) is 9.68. The summed E-state index contributed by atoms with van der Waals surface area (Å²) in [6.45, 7) is 2.50. The molecule has 0 aromatic heterocycles. The molecule has 1 aliphatic heterocycles. The predicted molar refractivity (Wildman–Crippen MR) is 44.9 cm³/mol. The quantitative estimate of drug-likeness (QED) is 0.368. The fourth-order valence-electron chi connectivity index (χ4n) is 1.25. The summed E-state index contributed by atoms with van der Waals surface area (Å²) in [5.74, 6) is 0. The van der Waals surface area contributed by atoms with E-state index in [-0.39, 0.29) is 0 Å². The number of rotatable bonds is 6. The number of aldehydes is 1. The van der Waals surface area contributed by atoms with Crippen molar-refractivity contribution in [3.63, 3.8) is 0 Å². The monoisotopic (exact) mass is 172 g/mol. The van der Waals surface area contributed by atoms with Gasteiger partial charge in [0.2, 0.25) is 0 Å². The van der Waals surface area contributed by atoms with E-state index in [1.54, 1.807) is 0 Å². The number of aliphatic hydroxyl groups excluding tert-OH is 1. The molecule has 2 atom stereocenters. The minimum Gasteiger partial charge on any atom is -0.390 e. The van der Waals surface area contributed by atoms with Crippen LogP contribution in [0.25, 0.3) is 0 Å². The minimum absolute atomic E-state index is 0.393. The van der Waals surface area contributed by atoms with Crippen LogP contribution in [0.2, 0.25) is 0 Å². The van der Waals surface area contributed by atoms with Crippen LogP contribution >= 0.6 is 0 Å². The maximum atomic E-state index is 10.5. The van der Waals surface area contributed by atoms with E-state index < -0.39 is 11.7 Å². The van der Waals surface area contributed by atoms with E-state index in [2.05, 4.69) is 6.92 Å². The van der Waals surface area contributed by atoms with Gasteiger partial charge < -0.3 is 9.84 Å². The van der Waals surface area contributed by atoms with Gasteiger partial charge in [-0.25, -0.2) is 0 Å². The van der Waals surface area contributed by atoms with Gasteiger partial charge >= 0.3 is 0 Å². The van der Waals surface area contributed by atoms with Crippen molar-refractivity contribution >= 4 is 6.29 Å². The second-order valence-electron chi connectivity index (χ2n) is 3.37. The van der Waals surface area contributed by atoms with Crippen LogP contribution in [-0.4, -0.2) is 29.7 Å². The summed E-state index contributed by atoms with van der Waals surface area (Å²) in [5, 5.41) is 9.51. The molecule has 0 radical (unpaired) electrons. The zero-order valence-electron chi connectivity index (χ0n) is 7.45. The number of epoxide rings is 1. The van der Waals surface area contributed by atoms with Crippen molar-refractivity contribution in [1.29, 1.82) is 0 Å². The smallest absolute Gasteiger partial charge is 0.172 e. The molecule has 1 fully saturated rings. The first-order valence-electron chi connectivity index (χ1n) is 4.53. The molecule has 3 nitrogen and oxygen atoms in total. The number of unbranched alkanes of at least 4 members (excludes halogenated alkanes) is 2. The Bertz CT molecular complexity index is 152. The lowest BCUT2D eigenvalue weighted by Gasteiger charge is -2.12. The third-order valence-corrected chi connectivity index (χ3v) is 2.32. The van der Waals surface area contributed by atoms with Gasteiger partial charge in [0.1, 0.15) is 0 Å². The van der Waals surface area contributed by atoms with Gasteiger partial charge in [-0.1, -0.05) is 26.2 Å². The molecule has 0 aromatic rings. The van der Waals surface area contributed by atoms with E-state index in [1.807, 2.05) is 0 Å². The topological polar surface area (TPSA) is 49.8 Å². The van der Waals surface area contributed by atoms with E-state index >= 15 is 0 Å². The second kappa shape index (κ2) is 4.01. The van der Waals surface area contributed by atoms with Crippen LogP contribution in [0.1, 0.15) is 32.6 Å². The molecule has 1 saturated heterocycles. The maximum absolute atomic E-state index is 10.5. The van der Waals surface area contributed by atoms with Crippen molar-refractivity contribution in [2.75, 3.05) is 6.61 Å². The summed E-state index contributed by atoms with van der Waals surface area (Å²) in [5.41, 5.74) is -0.826. The summed E-state index contributed by atoms with van der Waals surface area (Å²) < 4.78 is 4.92. The average Bonchev–Trinajstić information content (AvgIpc) is 2.85. The Morgan fingerprint density at radius 2 is 2.33 bits per heavy atom. The number of aliphatic hydroxyl groups is 1. The molecule has 12 heavy (non-hydrogen) atoms. The maximum Gasteiger partial charge on any atom is 0.172 e. The van der Waals surface area contributed by atoms with Crippen LogP contribution in [0.15, 0.2) is 0 Å². The highest BCUT2D eigenvalue weighted by Crippen LogP contribution is 2.30. The van der Waals surface area contributed by atoms with Gasteiger partial charge in [-0.2, -0.15) is 0 Å². The van der Waals surface area contributed by atoms with Crippen LogP contribution in [0.4, 0.5) is 0 Å². The Morgan fingerprint density at radius 1 is 1.67 bits per heavy atom. The van der Waals surface area contributed by atoms with E-state index in [1.165, 1.54) is 0 Å². The fraction of sp³-hybridized carbons (Fsp3) is 0.889. The molecule has 3 heteroatoms.